The Bertz CT molecular complexity index is 1440. The smallest absolute Gasteiger partial charge is 0.301 e. The third-order valence-electron chi connectivity index (χ3n) is 4.63. The lowest BCUT2D eigenvalue weighted by atomic mass is 10.1. The van der Waals surface area contributed by atoms with Gasteiger partial charge in [-0.05, 0) is 28.7 Å². The van der Waals surface area contributed by atoms with Crippen LogP contribution in [0.15, 0.2) is 81.3 Å². The number of nitrogens with zero attached hydrogens (tertiary/aromatic N) is 2. The van der Waals surface area contributed by atoms with Crippen LogP contribution in [0, 0.1) is 10.1 Å². The van der Waals surface area contributed by atoms with E-state index in [0.29, 0.717) is 0 Å². The van der Waals surface area contributed by atoms with E-state index in [1.165, 1.54) is 6.08 Å². The molecule has 0 saturated heterocycles. The summed E-state index contributed by atoms with van der Waals surface area (Å²) in [6.45, 7) is 0. The second-order valence-corrected chi connectivity index (χ2v) is 6.68. The van der Waals surface area contributed by atoms with Crippen molar-refractivity contribution >= 4 is 40.5 Å². The third kappa shape index (κ3) is 4.38. The van der Waals surface area contributed by atoms with Crippen LogP contribution in [0.4, 0.5) is 11.4 Å². The number of aromatic amines is 2. The van der Waals surface area contributed by atoms with Crippen LogP contribution >= 0.6 is 0 Å². The number of rotatable bonds is 5. The lowest BCUT2D eigenvalue weighted by Gasteiger charge is -2.01. The van der Waals surface area contributed by atoms with Gasteiger partial charge in [0.15, 0.2) is 0 Å². The molecule has 1 aromatic heterocycles. The fourth-order valence-electron chi connectivity index (χ4n) is 3.14. The van der Waals surface area contributed by atoms with Gasteiger partial charge in [0.05, 0.1) is 10.6 Å². The van der Waals surface area contributed by atoms with Crippen molar-refractivity contribution in [2.45, 2.75) is 0 Å². The van der Waals surface area contributed by atoms with Crippen molar-refractivity contribution in [1.29, 1.82) is 0 Å². The molecule has 3 aromatic carbocycles. The number of benzene rings is 3. The normalized spacial score (nSPS) is 11.5. The van der Waals surface area contributed by atoms with Gasteiger partial charge in [0.1, 0.15) is 5.69 Å². The predicted octanol–water partition coefficient (Wildman–Crippen LogP) is 4.05. The molecule has 0 bridgehead atoms. The lowest BCUT2D eigenvalue weighted by molar-refractivity contribution is -0.386. The van der Waals surface area contributed by atoms with Gasteiger partial charge in [0.25, 0.3) is 0 Å². The highest BCUT2D eigenvalue weighted by Gasteiger charge is 2.18. The number of nitro groups is 1. The van der Waals surface area contributed by atoms with E-state index in [-0.39, 0.29) is 5.69 Å². The Hall–Kier alpha value is -4.59. The quantitative estimate of drug-likeness (QED) is 0.292. The van der Waals surface area contributed by atoms with Gasteiger partial charge in [-0.25, -0.2) is 4.79 Å². The van der Waals surface area contributed by atoms with E-state index in [9.17, 15) is 19.7 Å². The second kappa shape index (κ2) is 8.42. The van der Waals surface area contributed by atoms with Gasteiger partial charge >= 0.3 is 16.9 Å². The van der Waals surface area contributed by atoms with Crippen LogP contribution in [0.1, 0.15) is 16.8 Å². The first-order chi connectivity index (χ1) is 15.0. The number of aromatic nitrogens is 2. The van der Waals surface area contributed by atoms with Crippen LogP contribution < -0.4 is 11.2 Å². The van der Waals surface area contributed by atoms with E-state index >= 15 is 0 Å². The van der Waals surface area contributed by atoms with E-state index < -0.39 is 21.9 Å². The average Bonchev–Trinajstić information content (AvgIpc) is 2.76. The minimum atomic E-state index is -1.05. The average molecular weight is 412 g/mol. The Balaban J connectivity index is 1.57. The summed E-state index contributed by atoms with van der Waals surface area (Å²) in [5.41, 5.74) is -0.260. The Morgan fingerprint density at radius 1 is 0.839 bits per heavy atom. The summed E-state index contributed by atoms with van der Waals surface area (Å²) in [7, 11) is 0. The molecule has 8 nitrogen and oxygen atoms in total. The van der Waals surface area contributed by atoms with Gasteiger partial charge in [-0.2, -0.15) is 0 Å². The van der Waals surface area contributed by atoms with Crippen molar-refractivity contribution in [1.82, 2.24) is 9.97 Å². The molecule has 0 aliphatic rings. The van der Waals surface area contributed by atoms with Crippen LogP contribution in [0.3, 0.4) is 0 Å². The molecule has 31 heavy (non-hydrogen) atoms. The zero-order chi connectivity index (χ0) is 21.8. The molecule has 1 heterocycles. The molecule has 0 aliphatic heterocycles. The third-order valence-corrected chi connectivity index (χ3v) is 4.63. The first-order valence-corrected chi connectivity index (χ1v) is 9.32. The van der Waals surface area contributed by atoms with Gasteiger partial charge in [0.2, 0.25) is 0 Å². The van der Waals surface area contributed by atoms with Crippen LogP contribution in [0.2, 0.25) is 0 Å². The maximum Gasteiger partial charge on any atom is 0.357 e. The molecule has 0 atom stereocenters. The summed E-state index contributed by atoms with van der Waals surface area (Å²) in [5.74, 6) is 0. The monoisotopic (exact) mass is 412 g/mol. The van der Waals surface area contributed by atoms with Crippen LogP contribution in [0.25, 0.3) is 22.9 Å². The molecule has 0 unspecified atom stereocenters. The molecular formula is C23H16N4O4. The molecular weight excluding hydrogens is 396 g/mol. The summed E-state index contributed by atoms with van der Waals surface area (Å²) in [5, 5.41) is 13.3. The minimum absolute atomic E-state index is 0.166. The molecule has 2 N–H and O–H groups in total. The maximum atomic E-state index is 11.7. The first-order valence-electron chi connectivity index (χ1n) is 9.32. The first kappa shape index (κ1) is 19.7. The fraction of sp³-hybridized carbons (Fsp3) is 0. The van der Waals surface area contributed by atoms with Crippen molar-refractivity contribution < 1.29 is 4.92 Å². The number of H-pyrrole nitrogens is 2. The second-order valence-electron chi connectivity index (χ2n) is 6.68. The van der Waals surface area contributed by atoms with Crippen molar-refractivity contribution in [3.63, 3.8) is 0 Å². The molecule has 4 rings (SSSR count). The minimum Gasteiger partial charge on any atom is -0.301 e. The predicted molar refractivity (Wildman–Crippen MR) is 121 cm³/mol. The van der Waals surface area contributed by atoms with Gasteiger partial charge in [-0.15, -0.1) is 0 Å². The summed E-state index contributed by atoms with van der Waals surface area (Å²) >= 11 is 0. The number of hydrogen-bond acceptors (Lipinski definition) is 5. The van der Waals surface area contributed by atoms with Gasteiger partial charge in [-0.1, -0.05) is 66.7 Å². The van der Waals surface area contributed by atoms with Crippen molar-refractivity contribution in [2.75, 3.05) is 0 Å². The fourth-order valence-corrected chi connectivity index (χ4v) is 3.14. The standard InChI is InChI=1S/C23H16N4O4/c28-22-21(27(30)31)20(25-23(29)26-22)13-12-15-8-10-16(11-9-15)14-24-19-7-3-5-17-4-1-2-6-18(17)19/h1-14H,(H2,25,26,28,29)/b13-12+,24-14?. The van der Waals surface area contributed by atoms with E-state index in [2.05, 4.69) is 9.98 Å². The number of nitrogens with one attached hydrogen (secondary N) is 2. The molecule has 0 amide bonds. The number of fused-ring (bicyclic) bond motifs is 1. The Labute approximate surface area is 175 Å². The van der Waals surface area contributed by atoms with Crippen molar-refractivity contribution in [3.8, 4) is 0 Å². The highest BCUT2D eigenvalue weighted by molar-refractivity contribution is 5.95. The molecule has 152 valence electrons. The molecule has 0 aliphatic carbocycles. The highest BCUT2D eigenvalue weighted by atomic mass is 16.6. The molecule has 0 saturated carbocycles. The SMILES string of the molecule is O=c1[nH]c(/C=C/c2ccc(C=Nc3cccc4ccccc34)cc2)c([N+](=O)[O-])c(=O)[nH]1. The lowest BCUT2D eigenvalue weighted by Crippen LogP contribution is -2.25. The summed E-state index contributed by atoms with van der Waals surface area (Å²) in [4.78, 5) is 42.1. The molecule has 0 radical (unpaired) electrons. The molecule has 4 aromatic rings. The van der Waals surface area contributed by atoms with Gasteiger partial charge in [0, 0.05) is 11.6 Å². The Kier molecular flexibility index (Phi) is 5.35. The topological polar surface area (TPSA) is 121 Å². The molecule has 8 heteroatoms. The zero-order valence-electron chi connectivity index (χ0n) is 16.1. The van der Waals surface area contributed by atoms with Crippen molar-refractivity contribution in [3.05, 3.63) is 115 Å². The molecule has 0 fully saturated rings. The summed E-state index contributed by atoms with van der Waals surface area (Å²) in [6, 6.07) is 21.3. The van der Waals surface area contributed by atoms with Crippen LogP contribution in [0.5, 0.6) is 0 Å². The van der Waals surface area contributed by atoms with E-state index in [4.69, 9.17) is 0 Å². The summed E-state index contributed by atoms with van der Waals surface area (Å²) < 4.78 is 0. The van der Waals surface area contributed by atoms with Gasteiger partial charge in [-0.3, -0.25) is 24.9 Å². The maximum absolute atomic E-state index is 11.7. The van der Waals surface area contributed by atoms with Gasteiger partial charge < -0.3 is 4.98 Å². The van der Waals surface area contributed by atoms with Crippen molar-refractivity contribution in [2.24, 2.45) is 4.99 Å². The van der Waals surface area contributed by atoms with Crippen LogP contribution in [-0.2, 0) is 0 Å². The Morgan fingerprint density at radius 2 is 1.55 bits per heavy atom. The summed E-state index contributed by atoms with van der Waals surface area (Å²) in [6.07, 6.45) is 4.66. The molecule has 0 spiro atoms. The Morgan fingerprint density at radius 3 is 2.32 bits per heavy atom. The highest BCUT2D eigenvalue weighted by Crippen LogP contribution is 2.25. The van der Waals surface area contributed by atoms with E-state index in [0.717, 1.165) is 27.6 Å². The van der Waals surface area contributed by atoms with Crippen LogP contribution in [-0.4, -0.2) is 21.1 Å². The zero-order valence-corrected chi connectivity index (χ0v) is 16.1. The largest absolute Gasteiger partial charge is 0.357 e. The van der Waals surface area contributed by atoms with E-state index in [1.807, 2.05) is 59.6 Å². The number of aliphatic imine (C=N–C) groups is 1. The number of hydrogen-bond donors (Lipinski definition) is 2. The van der Waals surface area contributed by atoms with E-state index in [1.54, 1.807) is 24.4 Å².